The van der Waals surface area contributed by atoms with Crippen molar-refractivity contribution in [2.75, 3.05) is 0 Å². The summed E-state index contributed by atoms with van der Waals surface area (Å²) in [7, 11) is -2.94. The van der Waals surface area contributed by atoms with Crippen molar-refractivity contribution in [1.29, 1.82) is 5.26 Å². The first-order chi connectivity index (χ1) is 15.4. The Hall–Kier alpha value is -0.516. The predicted octanol–water partition coefficient (Wildman–Crippen LogP) is 6.31. The van der Waals surface area contributed by atoms with E-state index in [0.717, 1.165) is 12.8 Å². The normalized spacial score (nSPS) is 11.2. The molecule has 0 aliphatic heterocycles. The van der Waals surface area contributed by atoms with Gasteiger partial charge < -0.3 is 25.5 Å². The summed E-state index contributed by atoms with van der Waals surface area (Å²) in [5, 5.41) is 17.0. The Morgan fingerprint density at radius 2 is 1.31 bits per heavy atom. The average Bonchev–Trinajstić information content (AvgIpc) is 2.76. The van der Waals surface area contributed by atoms with Crippen LogP contribution in [0.5, 0.6) is 0 Å². The number of aliphatic carboxylic acids is 1. The molecule has 0 radical (unpaired) electrons. The van der Waals surface area contributed by atoms with Crippen LogP contribution in [0.15, 0.2) is 12.2 Å². The van der Waals surface area contributed by atoms with E-state index in [1.54, 1.807) is 0 Å². The molecule has 6 N–H and O–H groups in total. The second kappa shape index (κ2) is 33.5. The number of nitrogens with zero attached hydrogens (tertiary/aromatic N) is 1. The molecular formula is C25H52NO7PTi. The number of unbranched alkanes of at least 4 members (excludes halogenated alkanes) is 11. The molecule has 0 aromatic heterocycles. The molecular weight excluding hydrogens is 505 g/mol. The zero-order chi connectivity index (χ0) is 24.5. The Labute approximate surface area is 229 Å². The standard InChI is InChI=1S/C18H34O2.C7H14NO3P.2H2O.Ti/c1-2-3-4-5-6-7-8-9-10-11-12-13-14-15-16-17-18(19)20;1-3-7(4-2,5-6-8)11-12(9)10;;;/h9-10H,2-8,11-17H2,1H3,(H,19,20);12H,3-5H2,1-2H3,(H,9,10);2*1H2;/b10-9-;;;;. The van der Waals surface area contributed by atoms with Crippen LogP contribution in [0, 0.1) is 11.3 Å². The van der Waals surface area contributed by atoms with E-state index in [9.17, 15) is 9.36 Å². The number of hydrogen-bond donors (Lipinski definition) is 2. The molecule has 0 aliphatic carbocycles. The Kier molecular flexibility index (Phi) is 42.5. The van der Waals surface area contributed by atoms with Gasteiger partial charge in [-0.05, 0) is 44.9 Å². The van der Waals surface area contributed by atoms with Crippen LogP contribution in [0.3, 0.4) is 0 Å². The van der Waals surface area contributed by atoms with Gasteiger partial charge in [0.15, 0.2) is 0 Å². The Balaban J connectivity index is -0.000000174. The molecule has 0 aliphatic rings. The molecule has 0 spiro atoms. The Morgan fingerprint density at radius 1 is 0.886 bits per heavy atom. The monoisotopic (exact) mass is 557 g/mol. The van der Waals surface area contributed by atoms with Crippen molar-refractivity contribution in [1.82, 2.24) is 0 Å². The van der Waals surface area contributed by atoms with E-state index in [1.165, 1.54) is 70.6 Å². The molecule has 0 amide bonds. The third-order valence-corrected chi connectivity index (χ3v) is 6.25. The molecule has 1 atom stereocenters. The van der Waals surface area contributed by atoms with Crippen LogP contribution >= 0.6 is 8.25 Å². The van der Waals surface area contributed by atoms with Gasteiger partial charge >= 0.3 is 14.2 Å². The van der Waals surface area contributed by atoms with Crippen molar-refractivity contribution in [2.45, 2.75) is 136 Å². The summed E-state index contributed by atoms with van der Waals surface area (Å²) in [4.78, 5) is 18.9. The zero-order valence-corrected chi connectivity index (χ0v) is 24.8. The molecule has 0 aromatic rings. The number of carboxylic acids is 1. The summed E-state index contributed by atoms with van der Waals surface area (Å²) in [6.45, 7) is 5.94. The maximum atomic E-state index is 10.5. The second-order valence-electron chi connectivity index (χ2n) is 8.32. The van der Waals surface area contributed by atoms with Crippen molar-refractivity contribution >= 4 is 14.2 Å². The van der Waals surface area contributed by atoms with Gasteiger partial charge in [0, 0.05) is 28.1 Å². The van der Waals surface area contributed by atoms with Gasteiger partial charge in [0.2, 0.25) is 0 Å². The van der Waals surface area contributed by atoms with Crippen LogP contribution in [-0.2, 0) is 35.6 Å². The number of carbonyl (C=O) groups is 1. The molecule has 8 nitrogen and oxygen atoms in total. The van der Waals surface area contributed by atoms with Gasteiger partial charge in [-0.15, -0.1) is 0 Å². The first-order valence-corrected chi connectivity index (χ1v) is 13.8. The maximum Gasteiger partial charge on any atom is 0.317 e. The molecule has 0 heterocycles. The molecule has 0 fully saturated rings. The van der Waals surface area contributed by atoms with Crippen molar-refractivity contribution in [3.05, 3.63) is 12.2 Å². The van der Waals surface area contributed by atoms with Gasteiger partial charge in [-0.25, -0.2) is 0 Å². The number of allylic oxidation sites excluding steroid dienone is 2. The van der Waals surface area contributed by atoms with E-state index in [4.69, 9.17) is 19.8 Å². The van der Waals surface area contributed by atoms with Crippen LogP contribution in [-0.4, -0.2) is 32.5 Å². The fraction of sp³-hybridized carbons (Fsp3) is 0.840. The number of rotatable bonds is 20. The van der Waals surface area contributed by atoms with E-state index in [2.05, 4.69) is 19.1 Å². The summed E-state index contributed by atoms with van der Waals surface area (Å²) < 4.78 is 15.3. The Morgan fingerprint density at radius 3 is 1.69 bits per heavy atom. The summed E-state index contributed by atoms with van der Waals surface area (Å²) in [6.07, 6.45) is 22.6. The van der Waals surface area contributed by atoms with E-state index < -0.39 is 19.8 Å². The van der Waals surface area contributed by atoms with Gasteiger partial charge in [0.05, 0.1) is 18.1 Å². The minimum absolute atomic E-state index is 0. The average molecular weight is 558 g/mol. The number of nitriles is 1. The molecule has 1 unspecified atom stereocenters. The molecule has 35 heavy (non-hydrogen) atoms. The van der Waals surface area contributed by atoms with Crippen molar-refractivity contribution in [3.8, 4) is 6.07 Å². The van der Waals surface area contributed by atoms with Gasteiger partial charge in [-0.1, -0.05) is 84.3 Å². The predicted molar refractivity (Wildman–Crippen MR) is 140 cm³/mol. The molecule has 0 bridgehead atoms. The fourth-order valence-corrected chi connectivity index (χ4v) is 4.09. The molecule has 10 heteroatoms. The van der Waals surface area contributed by atoms with Crippen LogP contribution in [0.25, 0.3) is 0 Å². The van der Waals surface area contributed by atoms with E-state index in [0.29, 0.717) is 19.3 Å². The molecule has 208 valence electrons. The van der Waals surface area contributed by atoms with Gasteiger partial charge in [0.1, 0.15) is 0 Å². The number of carboxylic acid groups (broad SMARTS) is 1. The van der Waals surface area contributed by atoms with Crippen molar-refractivity contribution in [3.63, 3.8) is 0 Å². The molecule has 0 saturated heterocycles. The first-order valence-electron chi connectivity index (χ1n) is 12.5. The minimum Gasteiger partial charge on any atom is -0.481 e. The van der Waals surface area contributed by atoms with Crippen LogP contribution in [0.4, 0.5) is 0 Å². The fourth-order valence-electron chi connectivity index (χ4n) is 3.36. The van der Waals surface area contributed by atoms with E-state index in [1.807, 2.05) is 19.9 Å². The van der Waals surface area contributed by atoms with Crippen molar-refractivity contribution < 1.29 is 56.6 Å². The van der Waals surface area contributed by atoms with Gasteiger partial charge in [-0.2, -0.15) is 5.26 Å². The summed E-state index contributed by atoms with van der Waals surface area (Å²) in [5.74, 6) is -0.664. The van der Waals surface area contributed by atoms with E-state index in [-0.39, 0.29) is 39.1 Å². The van der Waals surface area contributed by atoms with Gasteiger partial charge in [0.25, 0.3) is 0 Å². The van der Waals surface area contributed by atoms with Crippen molar-refractivity contribution in [2.24, 2.45) is 0 Å². The summed E-state index contributed by atoms with van der Waals surface area (Å²) in [6, 6.07) is 1.96. The quantitative estimate of drug-likeness (QED) is 0.0768. The third-order valence-electron chi connectivity index (χ3n) is 5.65. The maximum absolute atomic E-state index is 10.5. The summed E-state index contributed by atoms with van der Waals surface area (Å²) in [5.41, 5.74) is -0.723. The number of hydrogen-bond acceptors (Lipinski definition) is 4. The van der Waals surface area contributed by atoms with E-state index >= 15 is 0 Å². The van der Waals surface area contributed by atoms with Crippen LogP contribution < -0.4 is 0 Å². The first kappa shape index (κ1) is 44.5. The smallest absolute Gasteiger partial charge is 0.317 e. The topological polar surface area (TPSA) is 171 Å². The largest absolute Gasteiger partial charge is 0.481 e. The van der Waals surface area contributed by atoms with Crippen LogP contribution in [0.2, 0.25) is 0 Å². The van der Waals surface area contributed by atoms with Gasteiger partial charge in [-0.3, -0.25) is 9.36 Å². The summed E-state index contributed by atoms with van der Waals surface area (Å²) >= 11 is 0. The SMILES string of the molecule is CCC(CC)(CC#N)O[PH](=O)O.CCCCCCCC/C=C\CCCCCCCC(=O)O.O.O.[Ti]. The third kappa shape index (κ3) is 33.5. The molecule has 0 rings (SSSR count). The zero-order valence-electron chi connectivity index (χ0n) is 22.2. The molecule has 0 aromatic carbocycles. The Bertz CT molecular complexity index is 538. The molecule has 0 saturated carbocycles. The second-order valence-corrected chi connectivity index (χ2v) is 9.06. The minimum atomic E-state index is -2.94. The van der Waals surface area contributed by atoms with Crippen LogP contribution in [0.1, 0.15) is 130 Å².